The molecule has 0 aromatic heterocycles. The number of carbonyl (C=O) groups is 6. The molecule has 76 heavy (non-hydrogen) atoms. The second kappa shape index (κ2) is 31.3. The molecule has 2 heterocycles. The molecule has 6 rings (SSSR count). The third-order valence-electron chi connectivity index (χ3n) is 14.3. The van der Waals surface area contributed by atoms with Crippen LogP contribution in [0.2, 0.25) is 0 Å². The van der Waals surface area contributed by atoms with E-state index in [0.717, 1.165) is 85.1 Å². The molecule has 0 bridgehead atoms. The fourth-order valence-electron chi connectivity index (χ4n) is 9.47. The first-order valence-corrected chi connectivity index (χ1v) is 27.6. The van der Waals surface area contributed by atoms with Gasteiger partial charge in [0.1, 0.15) is 41.8 Å². The number of para-hydroxylation sites is 2. The molecule has 0 spiro atoms. The van der Waals surface area contributed by atoms with Gasteiger partial charge in [0.15, 0.2) is 0 Å². The number of rotatable bonds is 8. The summed E-state index contributed by atoms with van der Waals surface area (Å²) in [6.07, 6.45) is 8.02. The molecule has 4 aromatic rings. The van der Waals surface area contributed by atoms with E-state index in [4.69, 9.17) is 9.47 Å². The lowest BCUT2D eigenvalue weighted by Crippen LogP contribution is -2.56. The Balaban J connectivity index is 0.000000281. The Bertz CT molecular complexity index is 2290. The summed E-state index contributed by atoms with van der Waals surface area (Å²) < 4.78 is 12.5. The molecule has 0 radical (unpaired) electrons. The van der Waals surface area contributed by atoms with Gasteiger partial charge in [-0.25, -0.2) is 0 Å². The van der Waals surface area contributed by atoms with Crippen LogP contribution in [-0.2, 0) is 54.5 Å². The first kappa shape index (κ1) is 60.1. The van der Waals surface area contributed by atoms with Gasteiger partial charge in [0.05, 0.1) is 12.1 Å². The number of aryl methyl sites for hydroxylation is 2. The maximum atomic E-state index is 13.5. The van der Waals surface area contributed by atoms with Gasteiger partial charge in [-0.1, -0.05) is 124 Å². The smallest absolute Gasteiger partial charge is 0.243 e. The van der Waals surface area contributed by atoms with E-state index in [2.05, 4.69) is 39.6 Å². The number of likely N-dealkylation sites (N-methyl/N-ethyl adjacent to an activating group) is 2. The minimum atomic E-state index is -0.754. The largest absolute Gasteiger partial charge is 0.490 e. The average molecular weight is 1040 g/mol. The number of carbonyl (C=O) groups excluding carboxylic acids is 6. The summed E-state index contributed by atoms with van der Waals surface area (Å²) in [6.45, 7) is 13.0. The van der Waals surface area contributed by atoms with Gasteiger partial charge in [0, 0.05) is 52.5 Å². The Morgan fingerprint density at radius 3 is 1.41 bits per heavy atom. The Labute approximate surface area is 452 Å². The van der Waals surface area contributed by atoms with E-state index in [1.54, 1.807) is 27.9 Å². The molecule has 6 amide bonds. The highest BCUT2D eigenvalue weighted by Crippen LogP contribution is 2.25. The molecule has 0 saturated carbocycles. The Morgan fingerprint density at radius 2 is 0.934 bits per heavy atom. The predicted octanol–water partition coefficient (Wildman–Crippen LogP) is 7.14. The number of benzene rings is 4. The lowest BCUT2D eigenvalue weighted by molar-refractivity contribution is -0.142. The third kappa shape index (κ3) is 18.8. The molecule has 2 aliphatic rings. The number of fused-ring (bicyclic) bond motifs is 2. The quantitative estimate of drug-likeness (QED) is 0.122. The number of nitrogens with one attached hydrogen (secondary N) is 5. The van der Waals surface area contributed by atoms with Gasteiger partial charge in [0.25, 0.3) is 0 Å². The Hall–Kier alpha value is -6.74. The summed E-state index contributed by atoms with van der Waals surface area (Å²) in [5.41, 5.74) is 4.06. The van der Waals surface area contributed by atoms with Crippen molar-refractivity contribution < 1.29 is 38.2 Å². The average Bonchev–Trinajstić information content (AvgIpc) is 3.42. The molecule has 4 aromatic carbocycles. The molecule has 0 aliphatic carbocycles. The number of ether oxygens (including phenoxy) is 2. The van der Waals surface area contributed by atoms with Crippen molar-refractivity contribution in [3.63, 3.8) is 0 Å². The zero-order valence-electron chi connectivity index (χ0n) is 46.3. The molecule has 8 atom stereocenters. The van der Waals surface area contributed by atoms with Crippen LogP contribution in [0.1, 0.15) is 115 Å². The number of amides is 6. The fraction of sp³-hybridized carbons (Fsp3) is 0.508. The van der Waals surface area contributed by atoms with E-state index in [0.29, 0.717) is 45.3 Å². The van der Waals surface area contributed by atoms with Crippen LogP contribution in [0.15, 0.2) is 109 Å². The molecule has 5 N–H and O–H groups in total. The van der Waals surface area contributed by atoms with Gasteiger partial charge in [-0.15, -0.1) is 0 Å². The van der Waals surface area contributed by atoms with Gasteiger partial charge in [-0.05, 0) is 113 Å². The van der Waals surface area contributed by atoms with Crippen molar-refractivity contribution in [3.05, 3.63) is 131 Å². The van der Waals surface area contributed by atoms with E-state index in [1.807, 2.05) is 124 Å². The van der Waals surface area contributed by atoms with Crippen LogP contribution in [-0.4, -0.2) is 121 Å². The highest BCUT2D eigenvalue weighted by Gasteiger charge is 2.33. The SMILES string of the molecule is CCC[C@@H]1CC[C@@H](C)Oc2ccccc2CCCNC(=O)[C@@H](Cc2ccccc2)NC(=O)[C@@H](C)N(C)C1=O.CCC[C@@H]1NC[C@@H](C)Oc2ccccc2CCCNC(=O)[C@@H](Cc2ccccc2)NC(=O)[C@@H](C)N(C)C1=O. The molecule has 0 saturated heterocycles. The number of hydrogen-bond donors (Lipinski definition) is 5. The number of hydrogen-bond acceptors (Lipinski definition) is 9. The van der Waals surface area contributed by atoms with Gasteiger partial charge in [0.2, 0.25) is 35.4 Å². The summed E-state index contributed by atoms with van der Waals surface area (Å²) in [6, 6.07) is 31.8. The molecule has 0 fully saturated rings. The molecule has 0 unspecified atom stereocenters. The topological polar surface area (TPSA) is 188 Å². The lowest BCUT2D eigenvalue weighted by atomic mass is 9.94. The first-order chi connectivity index (χ1) is 36.6. The highest BCUT2D eigenvalue weighted by atomic mass is 16.5. The number of nitrogens with zero attached hydrogens (tertiary/aromatic N) is 2. The fourth-order valence-corrected chi connectivity index (χ4v) is 9.47. The molecule has 15 heteroatoms. The van der Waals surface area contributed by atoms with Crippen LogP contribution in [0, 0.1) is 5.92 Å². The Morgan fingerprint density at radius 1 is 0.500 bits per heavy atom. The monoisotopic (exact) mass is 1040 g/mol. The van der Waals surface area contributed by atoms with Crippen molar-refractivity contribution in [1.29, 1.82) is 0 Å². The van der Waals surface area contributed by atoms with Crippen molar-refractivity contribution in [3.8, 4) is 11.5 Å². The van der Waals surface area contributed by atoms with Gasteiger partial charge in [-0.3, -0.25) is 28.8 Å². The summed E-state index contributed by atoms with van der Waals surface area (Å²) in [7, 11) is 3.31. The summed E-state index contributed by atoms with van der Waals surface area (Å²) >= 11 is 0. The van der Waals surface area contributed by atoms with Crippen LogP contribution < -0.4 is 36.1 Å². The summed E-state index contributed by atoms with van der Waals surface area (Å²) in [5, 5.41) is 15.2. The normalized spacial score (nSPS) is 24.3. The second-order valence-corrected chi connectivity index (χ2v) is 20.4. The minimum absolute atomic E-state index is 0.0488. The molecule has 15 nitrogen and oxygen atoms in total. The van der Waals surface area contributed by atoms with E-state index in [-0.39, 0.29) is 53.6 Å². The zero-order valence-corrected chi connectivity index (χ0v) is 46.3. The van der Waals surface area contributed by atoms with Crippen molar-refractivity contribution in [2.45, 2.75) is 161 Å². The van der Waals surface area contributed by atoms with Gasteiger partial charge < -0.3 is 45.9 Å². The van der Waals surface area contributed by atoms with Crippen LogP contribution in [0.3, 0.4) is 0 Å². The lowest BCUT2D eigenvalue weighted by Gasteiger charge is -2.30. The van der Waals surface area contributed by atoms with Crippen LogP contribution in [0.4, 0.5) is 0 Å². The van der Waals surface area contributed by atoms with E-state index in [9.17, 15) is 28.8 Å². The third-order valence-corrected chi connectivity index (χ3v) is 14.3. The van der Waals surface area contributed by atoms with E-state index >= 15 is 0 Å². The first-order valence-electron chi connectivity index (χ1n) is 27.6. The molecular weight excluding hydrogens is 959 g/mol. The molecule has 412 valence electrons. The van der Waals surface area contributed by atoms with Crippen molar-refractivity contribution in [2.75, 3.05) is 33.7 Å². The van der Waals surface area contributed by atoms with Gasteiger partial charge >= 0.3 is 0 Å². The zero-order chi connectivity index (χ0) is 55.0. The van der Waals surface area contributed by atoms with Crippen molar-refractivity contribution in [1.82, 2.24) is 36.4 Å². The predicted molar refractivity (Wildman–Crippen MR) is 299 cm³/mol. The summed E-state index contributed by atoms with van der Waals surface area (Å²) in [5.74, 6) is 0.0966. The standard InChI is InChI=1S/C31H43N3O4.C30H42N4O4/c1-5-12-26-19-18-22(2)38-28-17-10-9-15-25(28)16-11-20-32-30(36)27(21-24-13-7-6-8-14-24)33-29(35)23(3)34(4)31(26)37;1-5-12-25-30(37)34(4)22(3)28(35)33-26(19-23-13-7-6-8-14-23)29(36)31-18-11-16-24-15-9-10-17-27(24)38-21(2)20-32-25/h6-10,13-15,17,22-23,26-27H,5,11-12,16,18-21H2,1-4H3,(H,32,36)(H,33,35);6-10,13-15,17,21-22,25-26,32H,5,11-12,16,18-20H2,1-4H3,(H,31,36)(H,33,35)/t22-,23-,26-,27-;21-,22-,25+,26-/m11/s1. The molecule has 2 aliphatic heterocycles. The minimum Gasteiger partial charge on any atom is -0.490 e. The van der Waals surface area contributed by atoms with Crippen molar-refractivity contribution in [2.24, 2.45) is 5.92 Å². The summed E-state index contributed by atoms with van der Waals surface area (Å²) in [4.78, 5) is 82.7. The Kier molecular flexibility index (Phi) is 24.8. The molecular formula is C61H85N7O8. The van der Waals surface area contributed by atoms with Crippen molar-refractivity contribution >= 4 is 35.4 Å². The maximum Gasteiger partial charge on any atom is 0.243 e. The van der Waals surface area contributed by atoms with E-state index < -0.39 is 30.2 Å². The van der Waals surface area contributed by atoms with E-state index in [1.165, 1.54) is 9.80 Å². The highest BCUT2D eigenvalue weighted by molar-refractivity contribution is 5.93. The second-order valence-electron chi connectivity index (χ2n) is 20.4. The van der Waals surface area contributed by atoms with Crippen LogP contribution in [0.25, 0.3) is 0 Å². The maximum absolute atomic E-state index is 13.5. The van der Waals surface area contributed by atoms with Crippen LogP contribution >= 0.6 is 0 Å². The van der Waals surface area contributed by atoms with Gasteiger partial charge in [-0.2, -0.15) is 0 Å². The van der Waals surface area contributed by atoms with Crippen LogP contribution in [0.5, 0.6) is 11.5 Å².